The lowest BCUT2D eigenvalue weighted by atomic mass is 9.93. The lowest BCUT2D eigenvalue weighted by Gasteiger charge is -2.32. The van der Waals surface area contributed by atoms with E-state index >= 15 is 0 Å². The van der Waals surface area contributed by atoms with Crippen LogP contribution in [-0.2, 0) is 9.59 Å². The number of thioether (sulfide) groups is 1. The second-order valence-electron chi connectivity index (χ2n) is 6.79. The molecule has 0 bridgehead atoms. The fourth-order valence-corrected chi connectivity index (χ4v) is 3.84. The number of piperidine rings is 1. The first-order chi connectivity index (χ1) is 11.5. The van der Waals surface area contributed by atoms with Gasteiger partial charge in [-0.1, -0.05) is 26.0 Å². The van der Waals surface area contributed by atoms with Gasteiger partial charge in [0.25, 0.3) is 0 Å². The number of carboxylic acid groups (broad SMARTS) is 1. The monoisotopic (exact) mass is 349 g/mol. The largest absolute Gasteiger partial charge is 0.481 e. The molecule has 1 fully saturated rings. The van der Waals surface area contributed by atoms with Crippen LogP contribution in [0.4, 0.5) is 0 Å². The Morgan fingerprint density at radius 1 is 1.29 bits per heavy atom. The molecule has 132 valence electrons. The number of hydrogen-bond acceptors (Lipinski definition) is 3. The highest BCUT2D eigenvalue weighted by atomic mass is 32.2. The molecule has 0 spiro atoms. The van der Waals surface area contributed by atoms with Gasteiger partial charge in [-0.15, -0.1) is 11.8 Å². The summed E-state index contributed by atoms with van der Waals surface area (Å²) < 4.78 is 0. The van der Waals surface area contributed by atoms with Crippen molar-refractivity contribution in [3.8, 4) is 0 Å². The molecule has 0 aromatic heterocycles. The Balaban J connectivity index is 1.80. The van der Waals surface area contributed by atoms with Crippen LogP contribution >= 0.6 is 11.8 Å². The van der Waals surface area contributed by atoms with Crippen molar-refractivity contribution in [1.82, 2.24) is 4.90 Å². The second-order valence-corrected chi connectivity index (χ2v) is 7.84. The smallest absolute Gasteiger partial charge is 0.303 e. The molecule has 5 heteroatoms. The van der Waals surface area contributed by atoms with E-state index in [1.54, 1.807) is 11.8 Å². The van der Waals surface area contributed by atoms with Crippen molar-refractivity contribution in [3.05, 3.63) is 29.8 Å². The summed E-state index contributed by atoms with van der Waals surface area (Å²) in [4.78, 5) is 26.1. The summed E-state index contributed by atoms with van der Waals surface area (Å²) in [6.07, 6.45) is 2.87. The van der Waals surface area contributed by atoms with E-state index in [9.17, 15) is 9.59 Å². The summed E-state index contributed by atoms with van der Waals surface area (Å²) in [6.45, 7) is 5.85. The number of carbonyl (C=O) groups excluding carboxylic acids is 1. The zero-order chi connectivity index (χ0) is 17.5. The minimum atomic E-state index is -0.751. The molecule has 1 atom stereocenters. The number of carbonyl (C=O) groups is 2. The van der Waals surface area contributed by atoms with Crippen LogP contribution in [0.5, 0.6) is 0 Å². The molecular formula is C19H27NO3S. The number of nitrogens with zero attached hydrogens (tertiary/aromatic N) is 1. The molecule has 2 rings (SSSR count). The van der Waals surface area contributed by atoms with Crippen molar-refractivity contribution >= 4 is 23.6 Å². The van der Waals surface area contributed by atoms with E-state index in [2.05, 4.69) is 38.1 Å². The second kappa shape index (κ2) is 9.11. The van der Waals surface area contributed by atoms with Crippen molar-refractivity contribution < 1.29 is 14.7 Å². The van der Waals surface area contributed by atoms with Crippen molar-refractivity contribution in [2.45, 2.75) is 50.3 Å². The molecule has 1 aliphatic heterocycles. The summed E-state index contributed by atoms with van der Waals surface area (Å²) in [6, 6.07) is 8.42. The molecule has 1 aromatic rings. The van der Waals surface area contributed by atoms with Gasteiger partial charge in [0.15, 0.2) is 0 Å². The van der Waals surface area contributed by atoms with Gasteiger partial charge >= 0.3 is 5.97 Å². The fourth-order valence-electron chi connectivity index (χ4n) is 3.04. The van der Waals surface area contributed by atoms with Crippen molar-refractivity contribution in [2.24, 2.45) is 5.92 Å². The quantitative estimate of drug-likeness (QED) is 0.756. The molecule has 24 heavy (non-hydrogen) atoms. The van der Waals surface area contributed by atoms with E-state index in [1.807, 2.05) is 4.90 Å². The Hall–Kier alpha value is -1.49. The van der Waals surface area contributed by atoms with E-state index in [4.69, 9.17) is 5.11 Å². The molecule has 1 heterocycles. The number of aliphatic carboxylic acids is 1. The van der Waals surface area contributed by atoms with Crippen LogP contribution < -0.4 is 0 Å². The highest BCUT2D eigenvalue weighted by Crippen LogP contribution is 2.24. The highest BCUT2D eigenvalue weighted by molar-refractivity contribution is 8.00. The van der Waals surface area contributed by atoms with Crippen LogP contribution in [0.2, 0.25) is 0 Å². The number of carboxylic acids is 1. The summed E-state index contributed by atoms with van der Waals surface area (Å²) in [5.74, 6) is 0.704. The van der Waals surface area contributed by atoms with Gasteiger partial charge in [-0.05, 0) is 48.8 Å². The Morgan fingerprint density at radius 2 is 2.00 bits per heavy atom. The maximum Gasteiger partial charge on any atom is 0.303 e. The summed E-state index contributed by atoms with van der Waals surface area (Å²) in [7, 11) is 0. The fraction of sp³-hybridized carbons (Fsp3) is 0.579. The van der Waals surface area contributed by atoms with Crippen LogP contribution in [0, 0.1) is 5.92 Å². The number of likely N-dealkylation sites (tertiary alicyclic amines) is 1. The first-order valence-corrected chi connectivity index (χ1v) is 9.66. The van der Waals surface area contributed by atoms with Gasteiger partial charge in [0.2, 0.25) is 5.91 Å². The van der Waals surface area contributed by atoms with E-state index in [0.717, 1.165) is 24.3 Å². The van der Waals surface area contributed by atoms with Crippen molar-refractivity contribution in [3.63, 3.8) is 0 Å². The maximum absolute atomic E-state index is 12.4. The summed E-state index contributed by atoms with van der Waals surface area (Å²) in [5, 5.41) is 8.80. The van der Waals surface area contributed by atoms with E-state index in [1.165, 1.54) is 5.56 Å². The molecule has 0 aliphatic carbocycles. The normalized spacial score (nSPS) is 18.0. The Bertz CT molecular complexity index is 556. The van der Waals surface area contributed by atoms with Crippen molar-refractivity contribution in [2.75, 3.05) is 18.8 Å². The third-order valence-corrected chi connectivity index (χ3v) is 5.54. The molecule has 1 unspecified atom stereocenters. The lowest BCUT2D eigenvalue weighted by molar-refractivity contribution is -0.137. The van der Waals surface area contributed by atoms with Crippen LogP contribution in [0.25, 0.3) is 0 Å². The van der Waals surface area contributed by atoms with E-state index in [0.29, 0.717) is 30.6 Å². The number of hydrogen-bond donors (Lipinski definition) is 1. The van der Waals surface area contributed by atoms with Gasteiger partial charge in [0.05, 0.1) is 5.75 Å². The lowest BCUT2D eigenvalue weighted by Crippen LogP contribution is -2.41. The molecule has 0 saturated carbocycles. The van der Waals surface area contributed by atoms with Gasteiger partial charge in [0.1, 0.15) is 0 Å². The molecule has 1 aliphatic rings. The minimum Gasteiger partial charge on any atom is -0.481 e. The summed E-state index contributed by atoms with van der Waals surface area (Å²) >= 11 is 1.58. The average molecular weight is 349 g/mol. The Morgan fingerprint density at radius 3 is 2.62 bits per heavy atom. The SMILES string of the molecule is CC(C)c1ccc(SCC(=O)N2CCCC(CCC(=O)O)C2)cc1. The van der Waals surface area contributed by atoms with E-state index < -0.39 is 5.97 Å². The van der Waals surface area contributed by atoms with Crippen LogP contribution in [0.15, 0.2) is 29.2 Å². The first kappa shape index (κ1) is 18.8. The van der Waals surface area contributed by atoms with E-state index in [-0.39, 0.29) is 12.3 Å². The number of amides is 1. The molecule has 1 saturated heterocycles. The molecule has 1 amide bonds. The zero-order valence-electron chi connectivity index (χ0n) is 14.5. The molecule has 4 nitrogen and oxygen atoms in total. The van der Waals surface area contributed by atoms with Crippen LogP contribution in [0.1, 0.15) is 51.0 Å². The predicted octanol–water partition coefficient (Wildman–Crippen LogP) is 4.01. The summed E-state index contributed by atoms with van der Waals surface area (Å²) in [5.41, 5.74) is 1.31. The topological polar surface area (TPSA) is 57.6 Å². The van der Waals surface area contributed by atoms with Gasteiger partial charge in [0, 0.05) is 24.4 Å². The number of benzene rings is 1. The van der Waals surface area contributed by atoms with Crippen molar-refractivity contribution in [1.29, 1.82) is 0 Å². The van der Waals surface area contributed by atoms with Gasteiger partial charge in [-0.3, -0.25) is 9.59 Å². The molecule has 1 N–H and O–H groups in total. The Labute approximate surface area is 148 Å². The predicted molar refractivity (Wildman–Crippen MR) is 97.4 cm³/mol. The van der Waals surface area contributed by atoms with Crippen LogP contribution in [0.3, 0.4) is 0 Å². The molecule has 1 aromatic carbocycles. The standard InChI is InChI=1S/C19H27NO3S/c1-14(2)16-6-8-17(9-7-16)24-13-18(21)20-11-3-4-15(12-20)5-10-19(22)23/h6-9,14-15H,3-5,10-13H2,1-2H3,(H,22,23). The van der Waals surface area contributed by atoms with Gasteiger partial charge < -0.3 is 10.0 Å². The molecular weight excluding hydrogens is 322 g/mol. The number of rotatable bonds is 7. The maximum atomic E-state index is 12.4. The minimum absolute atomic E-state index is 0.160. The Kier molecular flexibility index (Phi) is 7.16. The molecule has 0 radical (unpaired) electrons. The third-order valence-electron chi connectivity index (χ3n) is 4.55. The highest BCUT2D eigenvalue weighted by Gasteiger charge is 2.23. The third kappa shape index (κ3) is 5.86. The average Bonchev–Trinajstić information content (AvgIpc) is 2.58. The first-order valence-electron chi connectivity index (χ1n) is 8.68. The van der Waals surface area contributed by atoms with Gasteiger partial charge in [-0.2, -0.15) is 0 Å². The zero-order valence-corrected chi connectivity index (χ0v) is 15.3. The van der Waals surface area contributed by atoms with Crippen LogP contribution in [-0.4, -0.2) is 40.7 Å². The van der Waals surface area contributed by atoms with Gasteiger partial charge in [-0.25, -0.2) is 0 Å².